The lowest BCUT2D eigenvalue weighted by molar-refractivity contribution is -0.164. The molecule has 1 atom stereocenters. The summed E-state index contributed by atoms with van der Waals surface area (Å²) in [5, 5.41) is 9.20. The highest BCUT2D eigenvalue weighted by Gasteiger charge is 2.42. The summed E-state index contributed by atoms with van der Waals surface area (Å²) in [5.41, 5.74) is -0.389. The van der Waals surface area contributed by atoms with Crippen molar-refractivity contribution in [2.24, 2.45) is 5.41 Å². The Balaban J connectivity index is 2.81. The van der Waals surface area contributed by atoms with Crippen molar-refractivity contribution in [2.45, 2.75) is 45.6 Å². The summed E-state index contributed by atoms with van der Waals surface area (Å²) in [6.07, 6.45) is 1.12. The molecule has 0 saturated carbocycles. The van der Waals surface area contributed by atoms with Gasteiger partial charge in [0.15, 0.2) is 0 Å². The van der Waals surface area contributed by atoms with E-state index < -0.39 is 23.8 Å². The van der Waals surface area contributed by atoms with Gasteiger partial charge in [0.2, 0.25) is 11.8 Å². The monoisotopic (exact) mass is 271 g/mol. The van der Waals surface area contributed by atoms with Gasteiger partial charge in [-0.25, -0.2) is 4.79 Å². The van der Waals surface area contributed by atoms with Crippen molar-refractivity contribution < 1.29 is 24.2 Å². The number of hydrogen-bond donors (Lipinski definition) is 1. The van der Waals surface area contributed by atoms with Crippen LogP contribution in [0.25, 0.3) is 0 Å². The highest BCUT2D eigenvalue weighted by atomic mass is 16.5. The second-order valence-corrected chi connectivity index (χ2v) is 5.66. The maximum Gasteiger partial charge on any atom is 0.326 e. The number of aliphatic carboxylic acids is 1. The van der Waals surface area contributed by atoms with Crippen molar-refractivity contribution in [1.29, 1.82) is 0 Å². The molecule has 1 N–H and O–H groups in total. The molecule has 2 amide bonds. The van der Waals surface area contributed by atoms with Gasteiger partial charge in [0.05, 0.1) is 0 Å². The lowest BCUT2D eigenvalue weighted by Crippen LogP contribution is -2.53. The van der Waals surface area contributed by atoms with Crippen LogP contribution in [0.4, 0.5) is 0 Å². The van der Waals surface area contributed by atoms with E-state index >= 15 is 0 Å². The van der Waals surface area contributed by atoms with Crippen LogP contribution in [0.15, 0.2) is 0 Å². The van der Waals surface area contributed by atoms with Crippen LogP contribution in [-0.2, 0) is 19.1 Å². The van der Waals surface area contributed by atoms with Crippen LogP contribution in [0, 0.1) is 5.41 Å². The smallest absolute Gasteiger partial charge is 0.326 e. The Kier molecular flexibility index (Phi) is 5.05. The van der Waals surface area contributed by atoms with Crippen molar-refractivity contribution in [2.75, 3.05) is 13.7 Å². The number of piperidine rings is 1. The first kappa shape index (κ1) is 15.6. The van der Waals surface area contributed by atoms with E-state index in [2.05, 4.69) is 0 Å². The van der Waals surface area contributed by atoms with Gasteiger partial charge < -0.3 is 9.84 Å². The molecule has 0 aromatic rings. The highest BCUT2D eigenvalue weighted by molar-refractivity contribution is 6.01. The van der Waals surface area contributed by atoms with Crippen LogP contribution in [-0.4, -0.2) is 47.5 Å². The fourth-order valence-electron chi connectivity index (χ4n) is 2.32. The van der Waals surface area contributed by atoms with Crippen LogP contribution in [0.2, 0.25) is 0 Å². The number of ether oxygens (including phenoxy) is 1. The van der Waals surface area contributed by atoms with Gasteiger partial charge in [-0.15, -0.1) is 0 Å². The zero-order chi connectivity index (χ0) is 14.6. The third-order valence-corrected chi connectivity index (χ3v) is 3.22. The average Bonchev–Trinajstić information content (AvgIpc) is 2.24. The minimum atomic E-state index is -1.14. The Bertz CT molecular complexity index is 357. The first-order valence-electron chi connectivity index (χ1n) is 6.35. The number of carboxylic acids is 1. The summed E-state index contributed by atoms with van der Waals surface area (Å²) >= 11 is 0. The van der Waals surface area contributed by atoms with E-state index in [0.29, 0.717) is 13.0 Å². The average molecular weight is 271 g/mol. The molecule has 1 saturated heterocycles. The molecule has 0 aromatic heterocycles. The lowest BCUT2D eigenvalue weighted by atomic mass is 9.81. The lowest BCUT2D eigenvalue weighted by Gasteiger charge is -2.37. The van der Waals surface area contributed by atoms with Crippen LogP contribution >= 0.6 is 0 Å². The van der Waals surface area contributed by atoms with Gasteiger partial charge in [-0.3, -0.25) is 14.5 Å². The molecule has 108 valence electrons. The Morgan fingerprint density at radius 1 is 1.37 bits per heavy atom. The van der Waals surface area contributed by atoms with Crippen LogP contribution in [0.5, 0.6) is 0 Å². The number of carboxylic acid groups (broad SMARTS) is 1. The third kappa shape index (κ3) is 4.02. The number of rotatable bonds is 6. The maximum atomic E-state index is 12.0. The Hall–Kier alpha value is -1.43. The Morgan fingerprint density at radius 3 is 2.32 bits per heavy atom. The summed E-state index contributed by atoms with van der Waals surface area (Å²) in [4.78, 5) is 36.2. The first-order valence-corrected chi connectivity index (χ1v) is 6.35. The summed E-state index contributed by atoms with van der Waals surface area (Å²) < 4.78 is 4.86. The number of methoxy groups -OCH3 is 1. The van der Waals surface area contributed by atoms with Gasteiger partial charge in [-0.1, -0.05) is 13.8 Å². The first-order chi connectivity index (χ1) is 8.78. The Labute approximate surface area is 112 Å². The second-order valence-electron chi connectivity index (χ2n) is 5.66. The molecule has 1 aliphatic heterocycles. The predicted molar refractivity (Wildman–Crippen MR) is 67.4 cm³/mol. The molecule has 0 aliphatic carbocycles. The zero-order valence-electron chi connectivity index (χ0n) is 11.6. The van der Waals surface area contributed by atoms with E-state index in [1.54, 1.807) is 0 Å². The number of carbonyl (C=O) groups is 3. The SMILES string of the molecule is COCCCC(C(=O)O)N1C(=O)CC(C)(C)CC1=O. The number of likely N-dealkylation sites (tertiary alicyclic amines) is 1. The van der Waals surface area contributed by atoms with E-state index in [1.807, 2.05) is 13.8 Å². The second kappa shape index (κ2) is 6.14. The van der Waals surface area contributed by atoms with E-state index in [4.69, 9.17) is 4.74 Å². The fraction of sp³-hybridized carbons (Fsp3) is 0.769. The van der Waals surface area contributed by atoms with Crippen molar-refractivity contribution >= 4 is 17.8 Å². The van der Waals surface area contributed by atoms with Crippen molar-refractivity contribution in [3.05, 3.63) is 0 Å². The minimum Gasteiger partial charge on any atom is -0.480 e. The number of nitrogens with zero attached hydrogens (tertiary/aromatic N) is 1. The molecule has 0 bridgehead atoms. The van der Waals surface area contributed by atoms with Crippen LogP contribution in [0.3, 0.4) is 0 Å². The third-order valence-electron chi connectivity index (χ3n) is 3.22. The number of carbonyl (C=O) groups excluding carboxylic acids is 2. The van der Waals surface area contributed by atoms with Gasteiger partial charge in [-0.05, 0) is 18.3 Å². The normalized spacial score (nSPS) is 20.5. The minimum absolute atomic E-state index is 0.201. The molecule has 1 rings (SSSR count). The summed E-state index contributed by atoms with van der Waals surface area (Å²) in [6.45, 7) is 4.08. The molecule has 0 spiro atoms. The van der Waals surface area contributed by atoms with Gasteiger partial charge in [0.25, 0.3) is 0 Å². The maximum absolute atomic E-state index is 12.0. The summed E-state index contributed by atoms with van der Waals surface area (Å²) in [6, 6.07) is -1.08. The van der Waals surface area contributed by atoms with Crippen LogP contribution in [0.1, 0.15) is 39.5 Å². The largest absolute Gasteiger partial charge is 0.480 e. The number of hydrogen-bond acceptors (Lipinski definition) is 4. The zero-order valence-corrected chi connectivity index (χ0v) is 11.6. The molecule has 1 heterocycles. The fourth-order valence-corrected chi connectivity index (χ4v) is 2.32. The summed E-state index contributed by atoms with van der Waals surface area (Å²) in [5.74, 6) is -1.94. The molecule has 19 heavy (non-hydrogen) atoms. The van der Waals surface area contributed by atoms with Crippen molar-refractivity contribution in [3.8, 4) is 0 Å². The van der Waals surface area contributed by atoms with Crippen LogP contribution < -0.4 is 0 Å². The molecule has 1 fully saturated rings. The standard InChI is InChI=1S/C13H21NO5/c1-13(2)7-10(15)14(11(16)8-13)9(12(17)18)5-4-6-19-3/h9H,4-8H2,1-3H3,(H,17,18). The van der Waals surface area contributed by atoms with Gasteiger partial charge in [0.1, 0.15) is 6.04 Å². The highest BCUT2D eigenvalue weighted by Crippen LogP contribution is 2.33. The molecular weight excluding hydrogens is 250 g/mol. The topological polar surface area (TPSA) is 83.9 Å². The quantitative estimate of drug-likeness (QED) is 0.576. The molecule has 1 unspecified atom stereocenters. The molecular formula is C13H21NO5. The van der Waals surface area contributed by atoms with E-state index in [1.165, 1.54) is 7.11 Å². The number of amides is 2. The van der Waals surface area contributed by atoms with Gasteiger partial charge in [0, 0.05) is 26.6 Å². The predicted octanol–water partition coefficient (Wildman–Crippen LogP) is 1.04. The molecule has 6 heteroatoms. The summed E-state index contributed by atoms with van der Waals surface area (Å²) in [7, 11) is 1.52. The molecule has 0 aromatic carbocycles. The van der Waals surface area contributed by atoms with E-state index in [0.717, 1.165) is 4.90 Å². The molecule has 1 aliphatic rings. The van der Waals surface area contributed by atoms with Crippen molar-refractivity contribution in [3.63, 3.8) is 0 Å². The molecule has 0 radical (unpaired) electrons. The van der Waals surface area contributed by atoms with Gasteiger partial charge >= 0.3 is 5.97 Å². The van der Waals surface area contributed by atoms with Gasteiger partial charge in [-0.2, -0.15) is 0 Å². The van der Waals surface area contributed by atoms with Crippen molar-refractivity contribution in [1.82, 2.24) is 4.90 Å². The molecule has 6 nitrogen and oxygen atoms in total. The van der Waals surface area contributed by atoms with E-state index in [-0.39, 0.29) is 24.7 Å². The van der Waals surface area contributed by atoms with E-state index in [9.17, 15) is 19.5 Å². The Morgan fingerprint density at radius 2 is 1.89 bits per heavy atom. The number of imide groups is 1.